The number of amides is 1. The molecule has 0 bridgehead atoms. The van der Waals surface area contributed by atoms with Gasteiger partial charge in [-0.1, -0.05) is 18.2 Å². The zero-order chi connectivity index (χ0) is 23.2. The van der Waals surface area contributed by atoms with Gasteiger partial charge in [0.15, 0.2) is 0 Å². The maximum Gasteiger partial charge on any atom is 0.417 e. The molecule has 2 aromatic carbocycles. The molecule has 168 valence electrons. The number of ether oxygens (including phenoxy) is 1. The number of carbonyl (C=O) groups is 1. The molecule has 1 atom stereocenters. The van der Waals surface area contributed by atoms with Crippen LogP contribution in [0.1, 0.15) is 25.0 Å². The fourth-order valence-electron chi connectivity index (χ4n) is 2.79. The Balaban J connectivity index is 2.20. The normalized spacial score (nSPS) is 13.1. The zero-order valence-electron chi connectivity index (χ0n) is 17.1. The first kappa shape index (κ1) is 24.2. The smallest absolute Gasteiger partial charge is 0.417 e. The van der Waals surface area contributed by atoms with Gasteiger partial charge in [0.2, 0.25) is 10.0 Å². The molecule has 2 aromatic rings. The number of benzene rings is 2. The van der Waals surface area contributed by atoms with E-state index in [1.807, 2.05) is 0 Å². The fraction of sp³-hybridized carbons (Fsp3) is 0.300. The van der Waals surface area contributed by atoms with Crippen LogP contribution in [0.2, 0.25) is 0 Å². The van der Waals surface area contributed by atoms with Crippen molar-refractivity contribution in [2.45, 2.75) is 26.1 Å². The topological polar surface area (TPSA) is 88.1 Å². The molecule has 2 rings (SSSR count). The van der Waals surface area contributed by atoms with Crippen molar-refractivity contribution in [2.75, 3.05) is 17.2 Å². The van der Waals surface area contributed by atoms with Crippen molar-refractivity contribution in [2.24, 2.45) is 5.10 Å². The Kier molecular flexibility index (Phi) is 7.66. The molecule has 1 N–H and O–H groups in total. The van der Waals surface area contributed by atoms with Gasteiger partial charge in [0.25, 0.3) is 5.91 Å². The molecule has 7 nitrogen and oxygen atoms in total. The van der Waals surface area contributed by atoms with E-state index in [2.05, 4.69) is 10.5 Å². The Labute approximate surface area is 178 Å². The third kappa shape index (κ3) is 6.45. The highest BCUT2D eigenvalue weighted by Crippen LogP contribution is 2.31. The van der Waals surface area contributed by atoms with E-state index in [1.54, 1.807) is 19.1 Å². The van der Waals surface area contributed by atoms with E-state index in [9.17, 15) is 26.4 Å². The van der Waals surface area contributed by atoms with Gasteiger partial charge in [-0.25, -0.2) is 13.8 Å². The van der Waals surface area contributed by atoms with E-state index in [1.165, 1.54) is 37.3 Å². The fourth-order valence-corrected chi connectivity index (χ4v) is 3.97. The molecule has 0 fully saturated rings. The van der Waals surface area contributed by atoms with Crippen LogP contribution in [0.15, 0.2) is 53.6 Å². The van der Waals surface area contributed by atoms with Crippen molar-refractivity contribution in [1.29, 1.82) is 0 Å². The van der Waals surface area contributed by atoms with Crippen LogP contribution in [0.5, 0.6) is 5.75 Å². The van der Waals surface area contributed by atoms with Crippen molar-refractivity contribution >= 4 is 27.8 Å². The van der Waals surface area contributed by atoms with Crippen LogP contribution in [0, 0.1) is 0 Å². The lowest BCUT2D eigenvalue weighted by atomic mass is 10.1. The lowest BCUT2D eigenvalue weighted by molar-refractivity contribution is -0.137. The van der Waals surface area contributed by atoms with Crippen LogP contribution in [0.25, 0.3) is 0 Å². The van der Waals surface area contributed by atoms with Gasteiger partial charge in [-0.05, 0) is 44.2 Å². The van der Waals surface area contributed by atoms with Gasteiger partial charge in [0.05, 0.1) is 30.3 Å². The van der Waals surface area contributed by atoms with Gasteiger partial charge < -0.3 is 4.74 Å². The Morgan fingerprint density at radius 3 is 2.35 bits per heavy atom. The lowest BCUT2D eigenvalue weighted by Gasteiger charge is -2.27. The van der Waals surface area contributed by atoms with Crippen LogP contribution in [-0.2, 0) is 21.0 Å². The molecule has 31 heavy (non-hydrogen) atoms. The number of rotatable bonds is 8. The third-order valence-electron chi connectivity index (χ3n) is 4.14. The van der Waals surface area contributed by atoms with Gasteiger partial charge in [-0.3, -0.25) is 9.10 Å². The summed E-state index contributed by atoms with van der Waals surface area (Å²) in [7, 11) is -3.86. The molecule has 0 saturated heterocycles. The molecule has 1 amide bonds. The summed E-state index contributed by atoms with van der Waals surface area (Å²) in [5, 5.41) is 3.57. The number of nitrogens with zero attached hydrogens (tertiary/aromatic N) is 2. The van der Waals surface area contributed by atoms with E-state index >= 15 is 0 Å². The lowest BCUT2D eigenvalue weighted by Crippen LogP contribution is -2.46. The zero-order valence-corrected chi connectivity index (χ0v) is 17.9. The molecule has 0 aliphatic heterocycles. The average molecular weight is 457 g/mol. The predicted octanol–water partition coefficient (Wildman–Crippen LogP) is 3.41. The van der Waals surface area contributed by atoms with Crippen LogP contribution in [-0.4, -0.2) is 39.4 Å². The molecule has 0 aliphatic carbocycles. The maximum atomic E-state index is 13.0. The third-order valence-corrected chi connectivity index (χ3v) is 5.38. The summed E-state index contributed by atoms with van der Waals surface area (Å²) in [4.78, 5) is 12.5. The van der Waals surface area contributed by atoms with E-state index in [0.717, 1.165) is 22.8 Å². The first-order valence-electron chi connectivity index (χ1n) is 9.16. The van der Waals surface area contributed by atoms with Gasteiger partial charge >= 0.3 is 6.18 Å². The number of hydrogen-bond donors (Lipinski definition) is 1. The van der Waals surface area contributed by atoms with E-state index in [4.69, 9.17) is 4.74 Å². The van der Waals surface area contributed by atoms with Crippen LogP contribution in [0.4, 0.5) is 18.9 Å². The summed E-state index contributed by atoms with van der Waals surface area (Å²) in [6, 6.07) is 9.61. The number of nitrogens with one attached hydrogen (secondary N) is 1. The van der Waals surface area contributed by atoms with Gasteiger partial charge in [-0.2, -0.15) is 18.3 Å². The summed E-state index contributed by atoms with van der Waals surface area (Å²) < 4.78 is 69.9. The second-order valence-electron chi connectivity index (χ2n) is 6.48. The minimum atomic E-state index is -4.58. The molecule has 0 radical (unpaired) electrons. The highest BCUT2D eigenvalue weighted by atomic mass is 32.2. The Bertz CT molecular complexity index is 1040. The molecule has 0 spiro atoms. The molecular weight excluding hydrogens is 435 g/mol. The van der Waals surface area contributed by atoms with Crippen LogP contribution in [0.3, 0.4) is 0 Å². The van der Waals surface area contributed by atoms with Crippen LogP contribution < -0.4 is 14.5 Å². The molecule has 0 aromatic heterocycles. The number of alkyl halides is 3. The minimum absolute atomic E-state index is 0.222. The summed E-state index contributed by atoms with van der Waals surface area (Å²) in [6.07, 6.45) is -2.79. The standard InChI is InChI=1S/C20H22F3N3O4S/c1-4-30-17-11-9-16(10-12-17)26(31(3,28)29)14(2)19(27)25-24-13-15-7-5-6-8-18(15)20(21,22)23/h5-14H,4H2,1-3H3,(H,25,27). The molecule has 11 heteroatoms. The van der Waals surface area contributed by atoms with E-state index in [0.29, 0.717) is 12.4 Å². The van der Waals surface area contributed by atoms with Crippen molar-refractivity contribution in [1.82, 2.24) is 5.43 Å². The second-order valence-corrected chi connectivity index (χ2v) is 8.34. The van der Waals surface area contributed by atoms with E-state index in [-0.39, 0.29) is 11.3 Å². The summed E-state index contributed by atoms with van der Waals surface area (Å²) in [5.74, 6) is -0.287. The molecular formula is C20H22F3N3O4S. The number of hydrazone groups is 1. The summed E-state index contributed by atoms with van der Waals surface area (Å²) in [5.41, 5.74) is 1.17. The number of halogens is 3. The molecule has 0 aliphatic rings. The van der Waals surface area contributed by atoms with E-state index < -0.39 is 33.7 Å². The van der Waals surface area contributed by atoms with Crippen molar-refractivity contribution < 1.29 is 31.1 Å². The maximum absolute atomic E-state index is 13.0. The van der Waals surface area contributed by atoms with Crippen molar-refractivity contribution in [3.63, 3.8) is 0 Å². The second kappa shape index (κ2) is 9.82. The number of carbonyl (C=O) groups excluding carboxylic acids is 1. The monoisotopic (exact) mass is 457 g/mol. The van der Waals surface area contributed by atoms with Gasteiger partial charge in [0.1, 0.15) is 11.8 Å². The van der Waals surface area contributed by atoms with Crippen LogP contribution >= 0.6 is 0 Å². The number of sulfonamides is 1. The Hall–Kier alpha value is -3.08. The molecule has 0 saturated carbocycles. The van der Waals surface area contributed by atoms with Gasteiger partial charge in [-0.15, -0.1) is 0 Å². The first-order valence-corrected chi connectivity index (χ1v) is 11.0. The molecule has 1 unspecified atom stereocenters. The predicted molar refractivity (Wildman–Crippen MR) is 112 cm³/mol. The average Bonchev–Trinajstić information content (AvgIpc) is 2.68. The van der Waals surface area contributed by atoms with Crippen molar-refractivity contribution in [3.05, 3.63) is 59.7 Å². The largest absolute Gasteiger partial charge is 0.494 e. The summed E-state index contributed by atoms with van der Waals surface area (Å²) in [6.45, 7) is 3.58. The minimum Gasteiger partial charge on any atom is -0.494 e. The molecule has 0 heterocycles. The SMILES string of the molecule is CCOc1ccc(N(C(C)C(=O)NN=Cc2ccccc2C(F)(F)F)S(C)(=O)=O)cc1. The Morgan fingerprint density at radius 2 is 1.81 bits per heavy atom. The van der Waals surface area contributed by atoms with Gasteiger partial charge in [0, 0.05) is 5.56 Å². The quantitative estimate of drug-likeness (QED) is 0.486. The highest BCUT2D eigenvalue weighted by molar-refractivity contribution is 7.92. The summed E-state index contributed by atoms with van der Waals surface area (Å²) >= 11 is 0. The highest BCUT2D eigenvalue weighted by Gasteiger charge is 2.32. The number of anilines is 1. The first-order chi connectivity index (χ1) is 14.4. The number of hydrogen-bond acceptors (Lipinski definition) is 5. The Morgan fingerprint density at radius 1 is 1.19 bits per heavy atom. The van der Waals surface area contributed by atoms with Crippen molar-refractivity contribution in [3.8, 4) is 5.75 Å².